The van der Waals surface area contributed by atoms with Crippen LogP contribution in [0.15, 0.2) is 0 Å². The van der Waals surface area contributed by atoms with Gasteiger partial charge in [0.2, 0.25) is 10.9 Å². The van der Waals surface area contributed by atoms with Gasteiger partial charge in [-0.3, -0.25) is 0 Å². The Morgan fingerprint density at radius 1 is 0.875 bits per heavy atom. The van der Waals surface area contributed by atoms with Gasteiger partial charge in [0.1, 0.15) is 0 Å². The maximum atomic E-state index is 11.0. The van der Waals surface area contributed by atoms with Crippen molar-refractivity contribution in [3.8, 4) is 0 Å². The van der Waals surface area contributed by atoms with E-state index in [4.69, 9.17) is 0 Å². The summed E-state index contributed by atoms with van der Waals surface area (Å²) >= 11 is 0. The maximum Gasteiger partial charge on any atom is 0.510 e. The fourth-order valence-corrected chi connectivity index (χ4v) is 0.980. The van der Waals surface area contributed by atoms with Crippen LogP contribution in [0, 0.1) is 0 Å². The third kappa shape index (κ3) is 5.31. The molecular weight excluding hydrogens is 260 g/mol. The average molecular weight is 274 g/mol. The molecule has 0 radical (unpaired) electrons. The zero-order valence-corrected chi connectivity index (χ0v) is 11.0. The van der Waals surface area contributed by atoms with Gasteiger partial charge in [-0.1, -0.05) is 0 Å². The fourth-order valence-electron chi connectivity index (χ4n) is 0.474. The molecule has 0 aromatic heterocycles. The van der Waals surface area contributed by atoms with Crippen LogP contribution in [0.3, 0.4) is 0 Å². The van der Waals surface area contributed by atoms with E-state index >= 15 is 0 Å². The minimum Gasteiger partial charge on any atom is -0.415 e. The van der Waals surface area contributed by atoms with Crippen molar-refractivity contribution in [3.63, 3.8) is 0 Å². The molecule has 2 atom stereocenters. The van der Waals surface area contributed by atoms with E-state index in [9.17, 15) is 21.6 Å². The second kappa shape index (κ2) is 5.00. The van der Waals surface area contributed by atoms with Crippen LogP contribution in [0.1, 0.15) is 13.8 Å². The lowest BCUT2D eigenvalue weighted by Gasteiger charge is -2.14. The lowest BCUT2D eigenvalue weighted by atomic mass is 10.8. The number of rotatable bonds is 4. The Balaban J connectivity index is 4.43. The zero-order chi connectivity index (χ0) is 13.1. The summed E-state index contributed by atoms with van der Waals surface area (Å²) < 4.78 is 52.3. The molecule has 2 unspecified atom stereocenters. The molecule has 0 heterocycles. The summed E-state index contributed by atoms with van der Waals surface area (Å²) in [6.07, 6.45) is 0.423. The SMILES string of the molecule is CC(OC(=O)OC(C)S(C)(=O)=O)S(C)(=O)=O. The maximum absolute atomic E-state index is 11.0. The van der Waals surface area contributed by atoms with Crippen LogP contribution in [0.25, 0.3) is 0 Å². The Bertz CT molecular complexity index is 405. The molecule has 7 nitrogen and oxygen atoms in total. The smallest absolute Gasteiger partial charge is 0.415 e. The Labute approximate surface area is 94.6 Å². The molecule has 16 heavy (non-hydrogen) atoms. The molecule has 0 saturated carbocycles. The molecule has 0 aliphatic heterocycles. The van der Waals surface area contributed by atoms with Crippen LogP contribution >= 0.6 is 0 Å². The standard InChI is InChI=1S/C7H14O7S2/c1-5(15(3,9)10)13-7(8)14-6(2)16(4,11)12/h5-6H,1-4H3. The highest BCUT2D eigenvalue weighted by molar-refractivity contribution is 7.91. The van der Waals surface area contributed by atoms with Gasteiger partial charge in [-0.25, -0.2) is 21.6 Å². The third-order valence-electron chi connectivity index (χ3n) is 1.73. The van der Waals surface area contributed by atoms with Crippen molar-refractivity contribution in [3.05, 3.63) is 0 Å². The molecule has 9 heteroatoms. The fraction of sp³-hybridized carbons (Fsp3) is 0.857. The van der Waals surface area contributed by atoms with Gasteiger partial charge < -0.3 is 9.47 Å². The Morgan fingerprint density at radius 3 is 1.31 bits per heavy atom. The molecule has 0 aliphatic rings. The van der Waals surface area contributed by atoms with Gasteiger partial charge >= 0.3 is 6.16 Å². The summed E-state index contributed by atoms with van der Waals surface area (Å²) in [4.78, 5) is 11.0. The Morgan fingerprint density at radius 2 is 1.12 bits per heavy atom. The molecule has 0 aromatic carbocycles. The molecule has 0 aromatic rings. The Kier molecular flexibility index (Phi) is 4.74. The molecule has 0 bridgehead atoms. The van der Waals surface area contributed by atoms with Crippen molar-refractivity contribution in [1.82, 2.24) is 0 Å². The summed E-state index contributed by atoms with van der Waals surface area (Å²) in [5, 5.41) is 0. The molecule has 0 spiro atoms. The van der Waals surface area contributed by atoms with Crippen LogP contribution in [0.4, 0.5) is 4.79 Å². The summed E-state index contributed by atoms with van der Waals surface area (Å²) in [6, 6.07) is 0. The van der Waals surface area contributed by atoms with Gasteiger partial charge in [-0.15, -0.1) is 0 Å². The van der Waals surface area contributed by atoms with Gasteiger partial charge in [-0.05, 0) is 13.8 Å². The monoisotopic (exact) mass is 274 g/mol. The van der Waals surface area contributed by atoms with E-state index in [1.54, 1.807) is 0 Å². The molecular formula is C7H14O7S2. The van der Waals surface area contributed by atoms with Gasteiger partial charge in [0.25, 0.3) is 0 Å². The quantitative estimate of drug-likeness (QED) is 0.660. The first-order valence-corrected chi connectivity index (χ1v) is 8.10. The molecule has 0 saturated heterocycles. The van der Waals surface area contributed by atoms with E-state index in [2.05, 4.69) is 9.47 Å². The second-order valence-corrected chi connectivity index (χ2v) is 7.93. The van der Waals surface area contributed by atoms with Gasteiger partial charge in [-0.2, -0.15) is 0 Å². The van der Waals surface area contributed by atoms with Gasteiger partial charge in [0.15, 0.2) is 19.7 Å². The summed E-state index contributed by atoms with van der Waals surface area (Å²) in [5.41, 5.74) is -2.77. The lowest BCUT2D eigenvalue weighted by Crippen LogP contribution is -2.28. The largest absolute Gasteiger partial charge is 0.510 e. The summed E-state index contributed by atoms with van der Waals surface area (Å²) in [6.45, 7) is 2.28. The van der Waals surface area contributed by atoms with Crippen LogP contribution in [0.5, 0.6) is 0 Å². The van der Waals surface area contributed by atoms with Crippen molar-refractivity contribution >= 4 is 25.8 Å². The second-order valence-electron chi connectivity index (χ2n) is 3.28. The predicted molar refractivity (Wildman–Crippen MR) is 56.2 cm³/mol. The average Bonchev–Trinajstić information content (AvgIpc) is 1.99. The predicted octanol–water partition coefficient (Wildman–Crippen LogP) is -0.0792. The molecule has 0 N–H and O–H groups in total. The third-order valence-corrected chi connectivity index (χ3v) is 4.33. The molecule has 0 amide bonds. The first-order chi connectivity index (χ1) is 6.94. The number of ether oxygens (including phenoxy) is 2. The lowest BCUT2D eigenvalue weighted by molar-refractivity contribution is 0.0433. The van der Waals surface area contributed by atoms with E-state index < -0.39 is 36.7 Å². The molecule has 0 rings (SSSR count). The van der Waals surface area contributed by atoms with Crippen LogP contribution in [-0.4, -0.2) is 46.4 Å². The van der Waals surface area contributed by atoms with Crippen LogP contribution < -0.4 is 0 Å². The van der Waals surface area contributed by atoms with Crippen molar-refractivity contribution < 1.29 is 31.1 Å². The van der Waals surface area contributed by atoms with Crippen molar-refractivity contribution in [2.75, 3.05) is 12.5 Å². The van der Waals surface area contributed by atoms with Crippen LogP contribution in [-0.2, 0) is 29.1 Å². The minimum atomic E-state index is -3.54. The van der Waals surface area contributed by atoms with Crippen molar-refractivity contribution in [1.29, 1.82) is 0 Å². The first-order valence-electron chi connectivity index (χ1n) is 4.19. The number of sulfone groups is 2. The Hall–Kier alpha value is -0.830. The number of hydrogen-bond acceptors (Lipinski definition) is 7. The summed E-state index contributed by atoms with van der Waals surface area (Å²) in [5.74, 6) is 0. The van der Waals surface area contributed by atoms with E-state index in [0.29, 0.717) is 0 Å². The van der Waals surface area contributed by atoms with E-state index in [1.807, 2.05) is 0 Å². The number of carbonyl (C=O) groups is 1. The van der Waals surface area contributed by atoms with Crippen molar-refractivity contribution in [2.45, 2.75) is 24.7 Å². The number of carbonyl (C=O) groups excluding carboxylic acids is 1. The summed E-state index contributed by atoms with van der Waals surface area (Å²) in [7, 11) is -7.08. The molecule has 0 fully saturated rings. The topological polar surface area (TPSA) is 104 Å². The van der Waals surface area contributed by atoms with Gasteiger partial charge in [0, 0.05) is 12.5 Å². The number of hydrogen-bond donors (Lipinski definition) is 0. The highest BCUT2D eigenvalue weighted by Gasteiger charge is 2.25. The minimum absolute atomic E-state index is 0.880. The van der Waals surface area contributed by atoms with Crippen molar-refractivity contribution in [2.24, 2.45) is 0 Å². The highest BCUT2D eigenvalue weighted by Crippen LogP contribution is 2.06. The highest BCUT2D eigenvalue weighted by atomic mass is 32.2. The normalized spacial score (nSPS) is 16.2. The molecule has 0 aliphatic carbocycles. The van der Waals surface area contributed by atoms with E-state index in [1.165, 1.54) is 0 Å². The van der Waals surface area contributed by atoms with Crippen LogP contribution in [0.2, 0.25) is 0 Å². The first kappa shape index (κ1) is 15.2. The molecule has 96 valence electrons. The van der Waals surface area contributed by atoms with E-state index in [0.717, 1.165) is 26.4 Å². The van der Waals surface area contributed by atoms with E-state index in [-0.39, 0.29) is 0 Å². The zero-order valence-electron chi connectivity index (χ0n) is 9.33. The van der Waals surface area contributed by atoms with Gasteiger partial charge in [0.05, 0.1) is 0 Å².